The van der Waals surface area contributed by atoms with Crippen LogP contribution in [-0.2, 0) is 0 Å². The van der Waals surface area contributed by atoms with Gasteiger partial charge in [0, 0.05) is 17.8 Å². The third-order valence-electron chi connectivity index (χ3n) is 2.59. The lowest BCUT2D eigenvalue weighted by Gasteiger charge is -2.31. The third-order valence-corrected chi connectivity index (χ3v) is 2.59. The zero-order valence-electron chi connectivity index (χ0n) is 9.33. The van der Waals surface area contributed by atoms with Crippen LogP contribution in [0.25, 0.3) is 0 Å². The summed E-state index contributed by atoms with van der Waals surface area (Å²) >= 11 is 0. The van der Waals surface area contributed by atoms with Gasteiger partial charge in [-0.05, 0) is 39.3 Å². The molecule has 1 aromatic heterocycles. The molecule has 0 saturated heterocycles. The number of nitrogens with zero attached hydrogens (tertiary/aromatic N) is 1. The smallest absolute Gasteiger partial charge is 0.129 e. The van der Waals surface area contributed by atoms with Crippen molar-refractivity contribution in [3.63, 3.8) is 0 Å². The van der Waals surface area contributed by atoms with Crippen molar-refractivity contribution < 1.29 is 0 Å². The highest BCUT2D eigenvalue weighted by molar-refractivity contribution is 5.45. The second-order valence-corrected chi connectivity index (χ2v) is 4.30. The van der Waals surface area contributed by atoms with Crippen LogP contribution in [0.15, 0.2) is 18.3 Å². The fraction of sp³-hybridized carbons (Fsp3) is 0.545. The average molecular weight is 193 g/mol. The number of nitrogens with one attached hydrogen (secondary N) is 1. The zero-order valence-corrected chi connectivity index (χ0v) is 9.33. The van der Waals surface area contributed by atoms with E-state index in [4.69, 9.17) is 5.73 Å². The minimum atomic E-state index is -0.140. The van der Waals surface area contributed by atoms with Crippen LogP contribution in [0.4, 0.5) is 5.82 Å². The van der Waals surface area contributed by atoms with E-state index >= 15 is 0 Å². The summed E-state index contributed by atoms with van der Waals surface area (Å²) in [5, 5.41) is 3.35. The van der Waals surface area contributed by atoms with E-state index in [1.165, 1.54) is 0 Å². The molecule has 0 spiro atoms. The van der Waals surface area contributed by atoms with E-state index in [1.807, 2.05) is 26.0 Å². The Balaban J connectivity index is 2.84. The summed E-state index contributed by atoms with van der Waals surface area (Å²) in [7, 11) is 0. The Bertz CT molecular complexity index is 305. The summed E-state index contributed by atoms with van der Waals surface area (Å²) < 4.78 is 0. The average Bonchev–Trinajstić information content (AvgIpc) is 2.08. The Morgan fingerprint density at radius 2 is 2.14 bits per heavy atom. The van der Waals surface area contributed by atoms with Gasteiger partial charge in [-0.2, -0.15) is 0 Å². The van der Waals surface area contributed by atoms with Crippen LogP contribution in [0.5, 0.6) is 0 Å². The Morgan fingerprint density at radius 1 is 1.50 bits per heavy atom. The lowest BCUT2D eigenvalue weighted by atomic mass is 9.97. The molecule has 78 valence electrons. The molecule has 3 heteroatoms. The van der Waals surface area contributed by atoms with E-state index in [1.54, 1.807) is 6.20 Å². The Labute approximate surface area is 85.7 Å². The van der Waals surface area contributed by atoms with Gasteiger partial charge in [0.05, 0.1) is 0 Å². The quantitative estimate of drug-likeness (QED) is 0.771. The van der Waals surface area contributed by atoms with Gasteiger partial charge in [0.15, 0.2) is 0 Å². The number of aryl methyl sites for hydroxylation is 1. The van der Waals surface area contributed by atoms with Crippen LogP contribution in [0.2, 0.25) is 0 Å². The topological polar surface area (TPSA) is 50.9 Å². The highest BCUT2D eigenvalue weighted by atomic mass is 15.1. The van der Waals surface area contributed by atoms with Crippen molar-refractivity contribution in [3.05, 3.63) is 23.9 Å². The maximum absolute atomic E-state index is 5.88. The van der Waals surface area contributed by atoms with Gasteiger partial charge in [-0.1, -0.05) is 6.07 Å². The van der Waals surface area contributed by atoms with Gasteiger partial charge in [-0.3, -0.25) is 0 Å². The van der Waals surface area contributed by atoms with E-state index in [2.05, 4.69) is 24.1 Å². The van der Waals surface area contributed by atoms with Gasteiger partial charge >= 0.3 is 0 Å². The van der Waals surface area contributed by atoms with Gasteiger partial charge in [-0.15, -0.1) is 0 Å². The second-order valence-electron chi connectivity index (χ2n) is 4.30. The number of pyridine rings is 1. The Kier molecular flexibility index (Phi) is 3.11. The first-order valence-electron chi connectivity index (χ1n) is 4.89. The number of hydrogen-bond acceptors (Lipinski definition) is 3. The second kappa shape index (κ2) is 3.96. The van der Waals surface area contributed by atoms with Crippen molar-refractivity contribution in [2.24, 2.45) is 5.73 Å². The molecular formula is C11H19N3. The van der Waals surface area contributed by atoms with E-state index < -0.39 is 0 Å². The first-order chi connectivity index (χ1) is 6.43. The molecule has 1 heterocycles. The van der Waals surface area contributed by atoms with Crippen molar-refractivity contribution in [2.45, 2.75) is 39.3 Å². The van der Waals surface area contributed by atoms with E-state index in [0.29, 0.717) is 0 Å². The Morgan fingerprint density at radius 3 is 2.64 bits per heavy atom. The van der Waals surface area contributed by atoms with Gasteiger partial charge in [-0.25, -0.2) is 4.98 Å². The lowest BCUT2D eigenvalue weighted by Crippen LogP contribution is -2.47. The molecule has 1 unspecified atom stereocenters. The summed E-state index contributed by atoms with van der Waals surface area (Å²) in [6.45, 7) is 8.18. The van der Waals surface area contributed by atoms with Crippen LogP contribution < -0.4 is 11.1 Å². The molecule has 0 aliphatic heterocycles. The first-order valence-corrected chi connectivity index (χ1v) is 4.89. The van der Waals surface area contributed by atoms with Crippen molar-refractivity contribution in [1.82, 2.24) is 4.98 Å². The Hall–Kier alpha value is -1.09. The molecule has 0 aliphatic rings. The monoisotopic (exact) mass is 193 g/mol. The number of hydrogen-bond donors (Lipinski definition) is 2. The number of rotatable bonds is 3. The van der Waals surface area contributed by atoms with Crippen molar-refractivity contribution in [2.75, 3.05) is 5.32 Å². The summed E-state index contributed by atoms with van der Waals surface area (Å²) in [4.78, 5) is 4.28. The van der Waals surface area contributed by atoms with E-state index in [9.17, 15) is 0 Å². The van der Waals surface area contributed by atoms with Crippen molar-refractivity contribution in [1.29, 1.82) is 0 Å². The molecule has 3 nitrogen and oxygen atoms in total. The summed E-state index contributed by atoms with van der Waals surface area (Å²) in [5.41, 5.74) is 6.88. The number of nitrogens with two attached hydrogens (primary N) is 1. The van der Waals surface area contributed by atoms with E-state index in [-0.39, 0.29) is 11.6 Å². The molecule has 1 atom stereocenters. The molecule has 14 heavy (non-hydrogen) atoms. The molecule has 0 saturated carbocycles. The largest absolute Gasteiger partial charge is 0.363 e. The molecule has 0 bridgehead atoms. The van der Waals surface area contributed by atoms with Crippen LogP contribution in [0.1, 0.15) is 26.3 Å². The molecular weight excluding hydrogens is 174 g/mol. The molecule has 1 rings (SSSR count). The minimum absolute atomic E-state index is 0.0731. The minimum Gasteiger partial charge on any atom is -0.363 e. The number of aromatic nitrogens is 1. The zero-order chi connectivity index (χ0) is 10.8. The molecule has 3 N–H and O–H groups in total. The lowest BCUT2D eigenvalue weighted by molar-refractivity contribution is 0.469. The molecule has 0 amide bonds. The van der Waals surface area contributed by atoms with Crippen LogP contribution in [-0.4, -0.2) is 16.6 Å². The maximum atomic E-state index is 5.88. The summed E-state index contributed by atoms with van der Waals surface area (Å²) in [6, 6.07) is 4.04. The van der Waals surface area contributed by atoms with Crippen LogP contribution >= 0.6 is 0 Å². The van der Waals surface area contributed by atoms with Gasteiger partial charge in [0.1, 0.15) is 5.82 Å². The normalized spacial score (nSPS) is 13.8. The highest BCUT2D eigenvalue weighted by Crippen LogP contribution is 2.17. The summed E-state index contributed by atoms with van der Waals surface area (Å²) in [6.07, 6.45) is 1.78. The molecule has 0 aliphatic carbocycles. The van der Waals surface area contributed by atoms with Crippen molar-refractivity contribution >= 4 is 5.82 Å². The molecule has 1 aromatic rings. The predicted octanol–water partition coefficient (Wildman–Crippen LogP) is 1.93. The SMILES string of the molecule is Cc1cccnc1NC(C)(C)C(C)N. The predicted molar refractivity (Wildman–Crippen MR) is 60.3 cm³/mol. The maximum Gasteiger partial charge on any atom is 0.129 e. The third kappa shape index (κ3) is 2.45. The van der Waals surface area contributed by atoms with Crippen molar-refractivity contribution in [3.8, 4) is 0 Å². The first kappa shape index (κ1) is 11.0. The fourth-order valence-electron chi connectivity index (χ4n) is 1.04. The molecule has 0 fully saturated rings. The fourth-order valence-corrected chi connectivity index (χ4v) is 1.04. The highest BCUT2D eigenvalue weighted by Gasteiger charge is 2.23. The van der Waals surface area contributed by atoms with Gasteiger partial charge in [0.2, 0.25) is 0 Å². The van der Waals surface area contributed by atoms with Crippen LogP contribution in [0, 0.1) is 6.92 Å². The number of anilines is 1. The van der Waals surface area contributed by atoms with E-state index in [0.717, 1.165) is 11.4 Å². The summed E-state index contributed by atoms with van der Waals surface area (Å²) in [5.74, 6) is 0.912. The molecule has 0 aromatic carbocycles. The van der Waals surface area contributed by atoms with Gasteiger partial charge in [0.25, 0.3) is 0 Å². The van der Waals surface area contributed by atoms with Crippen LogP contribution in [0.3, 0.4) is 0 Å². The van der Waals surface area contributed by atoms with Gasteiger partial charge < -0.3 is 11.1 Å². The molecule has 0 radical (unpaired) electrons. The standard InChI is InChI=1S/C11H19N3/c1-8-6-5-7-13-10(8)14-11(3,4)9(2)12/h5-7,9H,12H2,1-4H3,(H,13,14).